The summed E-state index contributed by atoms with van der Waals surface area (Å²) in [6.07, 6.45) is 1.98. The number of phenolic OH excluding ortho intramolecular Hbond substituents is 1. The standard InChI is InChI=1S/C23H20FN3O4/c1-14(28)26-11-10-20-15(12-26)13-27(18-6-2-16(24)3-7-18)23(31)21(20)22(30)25-17-4-8-19(29)9-5-17/h2-9,13,29H,10-12H2,1H3,(H,25,30). The number of anilines is 1. The van der Waals surface area contributed by atoms with Crippen LogP contribution in [0.3, 0.4) is 0 Å². The largest absolute Gasteiger partial charge is 0.508 e. The quantitative estimate of drug-likeness (QED) is 0.637. The van der Waals surface area contributed by atoms with Gasteiger partial charge in [0.05, 0.1) is 0 Å². The highest BCUT2D eigenvalue weighted by Crippen LogP contribution is 2.23. The van der Waals surface area contributed by atoms with E-state index in [0.717, 1.165) is 0 Å². The van der Waals surface area contributed by atoms with Crippen molar-refractivity contribution in [2.45, 2.75) is 19.9 Å². The molecule has 1 aromatic heterocycles. The molecule has 2 amide bonds. The number of aromatic hydroxyl groups is 1. The molecule has 0 saturated heterocycles. The second kappa shape index (κ2) is 8.06. The molecule has 0 saturated carbocycles. The summed E-state index contributed by atoms with van der Waals surface area (Å²) < 4.78 is 14.7. The van der Waals surface area contributed by atoms with E-state index in [9.17, 15) is 23.9 Å². The van der Waals surface area contributed by atoms with Crippen LogP contribution in [0.5, 0.6) is 5.75 Å². The minimum absolute atomic E-state index is 0.0156. The number of nitrogens with one attached hydrogen (secondary N) is 1. The van der Waals surface area contributed by atoms with Crippen LogP contribution < -0.4 is 10.9 Å². The molecule has 0 radical (unpaired) electrons. The van der Waals surface area contributed by atoms with E-state index in [0.29, 0.717) is 35.5 Å². The van der Waals surface area contributed by atoms with Gasteiger partial charge in [0.1, 0.15) is 17.1 Å². The number of hydrogen-bond donors (Lipinski definition) is 2. The Morgan fingerprint density at radius 1 is 1.06 bits per heavy atom. The number of pyridine rings is 1. The Balaban J connectivity index is 1.83. The smallest absolute Gasteiger partial charge is 0.268 e. The topological polar surface area (TPSA) is 91.6 Å². The van der Waals surface area contributed by atoms with Gasteiger partial charge in [-0.3, -0.25) is 19.0 Å². The molecule has 2 heterocycles. The Morgan fingerprint density at radius 3 is 2.39 bits per heavy atom. The minimum Gasteiger partial charge on any atom is -0.508 e. The molecule has 158 valence electrons. The van der Waals surface area contributed by atoms with Crippen LogP contribution in [0.4, 0.5) is 10.1 Å². The molecule has 0 unspecified atom stereocenters. The third kappa shape index (κ3) is 4.05. The number of benzene rings is 2. The van der Waals surface area contributed by atoms with E-state index in [-0.39, 0.29) is 23.8 Å². The van der Waals surface area contributed by atoms with Crippen molar-refractivity contribution in [3.63, 3.8) is 0 Å². The molecule has 1 aliphatic heterocycles. The van der Waals surface area contributed by atoms with Crippen molar-refractivity contribution in [2.75, 3.05) is 11.9 Å². The van der Waals surface area contributed by atoms with Crippen LogP contribution in [0.2, 0.25) is 0 Å². The lowest BCUT2D eigenvalue weighted by Crippen LogP contribution is -2.39. The van der Waals surface area contributed by atoms with Crippen LogP contribution in [-0.4, -0.2) is 32.9 Å². The molecule has 1 aliphatic rings. The van der Waals surface area contributed by atoms with E-state index < -0.39 is 17.3 Å². The van der Waals surface area contributed by atoms with Crippen molar-refractivity contribution in [3.05, 3.63) is 87.6 Å². The van der Waals surface area contributed by atoms with Gasteiger partial charge >= 0.3 is 0 Å². The van der Waals surface area contributed by atoms with Gasteiger partial charge in [0, 0.05) is 37.6 Å². The summed E-state index contributed by atoms with van der Waals surface area (Å²) in [5, 5.41) is 12.1. The second-order valence-electron chi connectivity index (χ2n) is 7.35. The third-order valence-corrected chi connectivity index (χ3v) is 5.30. The van der Waals surface area contributed by atoms with Crippen molar-refractivity contribution in [1.82, 2.24) is 9.47 Å². The Bertz CT molecular complexity index is 1220. The van der Waals surface area contributed by atoms with E-state index in [1.807, 2.05) is 0 Å². The number of phenols is 1. The molecule has 2 aromatic carbocycles. The highest BCUT2D eigenvalue weighted by Gasteiger charge is 2.27. The van der Waals surface area contributed by atoms with Crippen LogP contribution in [0.25, 0.3) is 5.69 Å². The molecule has 0 fully saturated rings. The van der Waals surface area contributed by atoms with Gasteiger partial charge in [-0.25, -0.2) is 4.39 Å². The number of halogens is 1. The fourth-order valence-electron chi connectivity index (χ4n) is 3.69. The normalized spacial score (nSPS) is 12.9. The van der Waals surface area contributed by atoms with Gasteiger partial charge in [-0.2, -0.15) is 0 Å². The van der Waals surface area contributed by atoms with Gasteiger partial charge in [0.15, 0.2) is 0 Å². The van der Waals surface area contributed by atoms with E-state index in [2.05, 4.69) is 5.32 Å². The summed E-state index contributed by atoms with van der Waals surface area (Å²) in [7, 11) is 0. The molecule has 8 heteroatoms. The zero-order valence-electron chi connectivity index (χ0n) is 16.8. The maximum Gasteiger partial charge on any atom is 0.268 e. The lowest BCUT2D eigenvalue weighted by atomic mass is 9.95. The molecule has 0 atom stereocenters. The van der Waals surface area contributed by atoms with Crippen LogP contribution in [0.15, 0.2) is 59.5 Å². The summed E-state index contributed by atoms with van der Waals surface area (Å²) in [4.78, 5) is 39.9. The second-order valence-corrected chi connectivity index (χ2v) is 7.35. The Morgan fingerprint density at radius 2 is 1.74 bits per heavy atom. The van der Waals surface area contributed by atoms with Crippen LogP contribution in [0.1, 0.15) is 28.4 Å². The first-order valence-corrected chi connectivity index (χ1v) is 9.72. The van der Waals surface area contributed by atoms with Crippen LogP contribution in [0, 0.1) is 5.82 Å². The first-order chi connectivity index (χ1) is 14.8. The summed E-state index contributed by atoms with van der Waals surface area (Å²) in [6, 6.07) is 11.3. The molecule has 7 nitrogen and oxygen atoms in total. The average Bonchev–Trinajstić information content (AvgIpc) is 2.75. The summed E-state index contributed by atoms with van der Waals surface area (Å²) in [5.74, 6) is -1.07. The number of nitrogens with zero attached hydrogens (tertiary/aromatic N) is 2. The molecule has 4 rings (SSSR count). The highest BCUT2D eigenvalue weighted by atomic mass is 19.1. The van der Waals surface area contributed by atoms with Gasteiger partial charge in [0.25, 0.3) is 11.5 Å². The monoisotopic (exact) mass is 421 g/mol. The van der Waals surface area contributed by atoms with Gasteiger partial charge in [-0.05, 0) is 66.1 Å². The molecular weight excluding hydrogens is 401 g/mol. The predicted octanol–water partition coefficient (Wildman–Crippen LogP) is 2.84. The fourth-order valence-corrected chi connectivity index (χ4v) is 3.69. The number of aromatic nitrogens is 1. The van der Waals surface area contributed by atoms with Crippen molar-refractivity contribution >= 4 is 17.5 Å². The SMILES string of the molecule is CC(=O)N1CCc2c(cn(-c3ccc(F)cc3)c(=O)c2C(=O)Nc2ccc(O)cc2)C1. The van der Waals surface area contributed by atoms with Gasteiger partial charge in [-0.15, -0.1) is 0 Å². The van der Waals surface area contributed by atoms with Crippen molar-refractivity contribution in [3.8, 4) is 11.4 Å². The maximum atomic E-state index is 13.4. The van der Waals surface area contributed by atoms with Crippen LogP contribution in [-0.2, 0) is 17.8 Å². The molecule has 3 aromatic rings. The number of carbonyl (C=O) groups is 2. The first-order valence-electron chi connectivity index (χ1n) is 9.72. The predicted molar refractivity (Wildman–Crippen MR) is 113 cm³/mol. The number of amides is 2. The summed E-state index contributed by atoms with van der Waals surface area (Å²) in [6.45, 7) is 2.15. The van der Waals surface area contributed by atoms with Crippen molar-refractivity contribution in [1.29, 1.82) is 0 Å². The number of rotatable bonds is 3. The van der Waals surface area contributed by atoms with E-state index >= 15 is 0 Å². The first kappa shape index (κ1) is 20.3. The Hall–Kier alpha value is -3.94. The van der Waals surface area contributed by atoms with E-state index in [1.165, 1.54) is 60.0 Å². The van der Waals surface area contributed by atoms with Crippen LogP contribution >= 0.6 is 0 Å². The molecule has 0 spiro atoms. The summed E-state index contributed by atoms with van der Waals surface area (Å²) >= 11 is 0. The lowest BCUT2D eigenvalue weighted by Gasteiger charge is -2.29. The van der Waals surface area contributed by atoms with Gasteiger partial charge in [-0.1, -0.05) is 0 Å². The van der Waals surface area contributed by atoms with Gasteiger partial charge in [0.2, 0.25) is 5.91 Å². The maximum absolute atomic E-state index is 13.4. The van der Waals surface area contributed by atoms with E-state index in [4.69, 9.17) is 0 Å². The molecular formula is C23H20FN3O4. The van der Waals surface area contributed by atoms with E-state index in [1.54, 1.807) is 11.1 Å². The molecule has 31 heavy (non-hydrogen) atoms. The zero-order chi connectivity index (χ0) is 22.1. The zero-order valence-corrected chi connectivity index (χ0v) is 16.8. The summed E-state index contributed by atoms with van der Waals surface area (Å²) in [5.41, 5.74) is 1.57. The highest BCUT2D eigenvalue weighted by molar-refractivity contribution is 6.05. The van der Waals surface area contributed by atoms with Crippen molar-refractivity contribution in [2.24, 2.45) is 0 Å². The van der Waals surface area contributed by atoms with Crippen molar-refractivity contribution < 1.29 is 19.1 Å². The number of hydrogen-bond acceptors (Lipinski definition) is 4. The molecule has 0 bridgehead atoms. The third-order valence-electron chi connectivity index (χ3n) is 5.30. The molecule has 0 aliphatic carbocycles. The molecule has 2 N–H and O–H groups in total. The minimum atomic E-state index is -0.584. The number of carbonyl (C=O) groups excluding carboxylic acids is 2. The Labute approximate surface area is 177 Å². The number of fused-ring (bicyclic) bond motifs is 1. The lowest BCUT2D eigenvalue weighted by molar-refractivity contribution is -0.129. The Kier molecular flexibility index (Phi) is 5.29. The van der Waals surface area contributed by atoms with Gasteiger partial charge < -0.3 is 15.3 Å². The average molecular weight is 421 g/mol. The fraction of sp³-hybridized carbons (Fsp3) is 0.174.